The van der Waals surface area contributed by atoms with Gasteiger partial charge in [0.25, 0.3) is 0 Å². The molecule has 1 fully saturated rings. The zero-order valence-electron chi connectivity index (χ0n) is 11.6. The van der Waals surface area contributed by atoms with Crippen molar-refractivity contribution >= 4 is 21.6 Å². The maximum atomic E-state index is 12.8. The smallest absolute Gasteiger partial charge is 0.382 e. The number of nitrogens with one attached hydrogen (secondary N) is 1. The molecule has 112 valence electrons. The van der Waals surface area contributed by atoms with Crippen molar-refractivity contribution in [3.63, 3.8) is 0 Å². The summed E-state index contributed by atoms with van der Waals surface area (Å²) in [6.07, 6.45) is -0.0214. The number of hydrogen-bond donors (Lipinski definition) is 1. The predicted octanol–water partition coefficient (Wildman–Crippen LogP) is 5.85. The van der Waals surface area contributed by atoms with Crippen LogP contribution in [0.1, 0.15) is 45.1 Å². The molecule has 0 spiro atoms. The molecule has 1 aliphatic carbocycles. The fraction of sp³-hybridized carbons (Fsp3) is 0.600. The van der Waals surface area contributed by atoms with Crippen LogP contribution < -0.4 is 5.32 Å². The molecule has 1 N–H and O–H groups in total. The van der Waals surface area contributed by atoms with Crippen LogP contribution in [0.2, 0.25) is 0 Å². The Balaban J connectivity index is 2.15. The standard InChI is InChI=1S/C15H19BrF3N/c1-14(2)5-3-4-12(9-14)20-13-7-10(15(17,18)19)6-11(16)8-13/h6-8,12,20H,3-5,9H2,1-2H3. The molecule has 1 aromatic carbocycles. The van der Waals surface area contributed by atoms with E-state index in [-0.39, 0.29) is 11.5 Å². The van der Waals surface area contributed by atoms with Gasteiger partial charge in [-0.2, -0.15) is 13.2 Å². The van der Waals surface area contributed by atoms with E-state index in [4.69, 9.17) is 0 Å². The van der Waals surface area contributed by atoms with Gasteiger partial charge in [0.15, 0.2) is 0 Å². The summed E-state index contributed by atoms with van der Waals surface area (Å²) in [5, 5.41) is 3.26. The highest BCUT2D eigenvalue weighted by Crippen LogP contribution is 2.38. The lowest BCUT2D eigenvalue weighted by molar-refractivity contribution is -0.137. The number of alkyl halides is 3. The topological polar surface area (TPSA) is 12.0 Å². The van der Waals surface area contributed by atoms with Gasteiger partial charge in [-0.05, 0) is 42.9 Å². The predicted molar refractivity (Wildman–Crippen MR) is 78.8 cm³/mol. The van der Waals surface area contributed by atoms with E-state index in [0.717, 1.165) is 25.3 Å². The maximum absolute atomic E-state index is 12.8. The van der Waals surface area contributed by atoms with Crippen LogP contribution in [0.15, 0.2) is 22.7 Å². The van der Waals surface area contributed by atoms with Crippen LogP contribution >= 0.6 is 15.9 Å². The molecule has 0 radical (unpaired) electrons. The van der Waals surface area contributed by atoms with Crippen molar-refractivity contribution in [1.29, 1.82) is 0 Å². The summed E-state index contributed by atoms with van der Waals surface area (Å²) in [5.74, 6) is 0. The first kappa shape index (κ1) is 15.7. The van der Waals surface area contributed by atoms with Gasteiger partial charge in [-0.25, -0.2) is 0 Å². The van der Waals surface area contributed by atoms with Crippen molar-refractivity contribution in [2.75, 3.05) is 5.32 Å². The van der Waals surface area contributed by atoms with E-state index in [2.05, 4.69) is 35.1 Å². The molecule has 5 heteroatoms. The average Bonchev–Trinajstić information content (AvgIpc) is 2.25. The third kappa shape index (κ3) is 4.14. The average molecular weight is 350 g/mol. The second-order valence-corrected chi connectivity index (χ2v) is 7.24. The summed E-state index contributed by atoms with van der Waals surface area (Å²) < 4.78 is 38.9. The Labute approximate surface area is 126 Å². The molecule has 1 nitrogen and oxygen atoms in total. The minimum Gasteiger partial charge on any atom is -0.382 e. The zero-order valence-corrected chi connectivity index (χ0v) is 13.2. The Bertz CT molecular complexity index is 482. The Morgan fingerprint density at radius 1 is 1.25 bits per heavy atom. The van der Waals surface area contributed by atoms with Gasteiger partial charge >= 0.3 is 6.18 Å². The highest BCUT2D eigenvalue weighted by atomic mass is 79.9. The number of halogens is 4. The number of rotatable bonds is 2. The minimum absolute atomic E-state index is 0.245. The second-order valence-electron chi connectivity index (χ2n) is 6.33. The van der Waals surface area contributed by atoms with Crippen LogP contribution in [-0.4, -0.2) is 6.04 Å². The summed E-state index contributed by atoms with van der Waals surface area (Å²) >= 11 is 3.15. The highest BCUT2D eigenvalue weighted by Gasteiger charge is 2.32. The Hall–Kier alpha value is -0.710. The summed E-state index contributed by atoms with van der Waals surface area (Å²) in [7, 11) is 0. The van der Waals surface area contributed by atoms with Gasteiger partial charge in [0.1, 0.15) is 0 Å². The number of benzene rings is 1. The van der Waals surface area contributed by atoms with Crippen LogP contribution in [0.5, 0.6) is 0 Å². The third-order valence-electron chi connectivity index (χ3n) is 3.80. The lowest BCUT2D eigenvalue weighted by atomic mass is 9.75. The molecular weight excluding hydrogens is 331 g/mol. The fourth-order valence-corrected chi connectivity index (χ4v) is 3.39. The van der Waals surface area contributed by atoms with Crippen molar-refractivity contribution in [1.82, 2.24) is 0 Å². The Kier molecular flexibility index (Phi) is 4.38. The van der Waals surface area contributed by atoms with Crippen LogP contribution in [0.4, 0.5) is 18.9 Å². The van der Waals surface area contributed by atoms with Crippen molar-refractivity contribution in [3.8, 4) is 0 Å². The third-order valence-corrected chi connectivity index (χ3v) is 4.26. The number of hydrogen-bond acceptors (Lipinski definition) is 1. The lowest BCUT2D eigenvalue weighted by Crippen LogP contribution is -2.31. The second kappa shape index (κ2) is 5.58. The number of anilines is 1. The molecule has 0 heterocycles. The largest absolute Gasteiger partial charge is 0.416 e. The van der Waals surface area contributed by atoms with Gasteiger partial charge in [0.05, 0.1) is 5.56 Å². The van der Waals surface area contributed by atoms with Gasteiger partial charge in [-0.3, -0.25) is 0 Å². The fourth-order valence-electron chi connectivity index (χ4n) is 2.89. The quantitative estimate of drug-likeness (QED) is 0.706. The minimum atomic E-state index is -4.31. The maximum Gasteiger partial charge on any atom is 0.416 e. The zero-order chi connectivity index (χ0) is 15.0. The van der Waals surface area contributed by atoms with Crippen LogP contribution in [0, 0.1) is 5.41 Å². The Morgan fingerprint density at radius 3 is 2.55 bits per heavy atom. The molecule has 0 saturated heterocycles. The van der Waals surface area contributed by atoms with E-state index in [1.165, 1.54) is 12.5 Å². The molecule has 1 unspecified atom stereocenters. The summed E-state index contributed by atoms with van der Waals surface area (Å²) in [4.78, 5) is 0. The van der Waals surface area contributed by atoms with Crippen molar-refractivity contribution in [2.24, 2.45) is 5.41 Å². The van der Waals surface area contributed by atoms with Gasteiger partial charge in [-0.15, -0.1) is 0 Å². The van der Waals surface area contributed by atoms with E-state index in [1.807, 2.05) is 0 Å². The van der Waals surface area contributed by atoms with E-state index in [9.17, 15) is 13.2 Å². The molecule has 0 aromatic heterocycles. The molecule has 0 aliphatic heterocycles. The molecule has 0 amide bonds. The molecule has 1 atom stereocenters. The SMILES string of the molecule is CC1(C)CCCC(Nc2cc(Br)cc(C(F)(F)F)c2)C1. The van der Waals surface area contributed by atoms with Crippen LogP contribution in [-0.2, 0) is 6.18 Å². The highest BCUT2D eigenvalue weighted by molar-refractivity contribution is 9.10. The molecule has 1 saturated carbocycles. The van der Waals surface area contributed by atoms with Gasteiger partial charge in [0, 0.05) is 16.2 Å². The summed E-state index contributed by atoms with van der Waals surface area (Å²) in [6.45, 7) is 4.42. The summed E-state index contributed by atoms with van der Waals surface area (Å²) in [6, 6.07) is 4.24. The van der Waals surface area contributed by atoms with Gasteiger partial charge in [-0.1, -0.05) is 36.2 Å². The summed E-state index contributed by atoms with van der Waals surface area (Å²) in [5.41, 5.74) is 0.174. The first-order chi connectivity index (χ1) is 9.16. The van der Waals surface area contributed by atoms with Crippen molar-refractivity contribution in [3.05, 3.63) is 28.2 Å². The van der Waals surface area contributed by atoms with Gasteiger partial charge in [0.2, 0.25) is 0 Å². The molecule has 1 aliphatic rings. The molecule has 0 bridgehead atoms. The molecule has 2 rings (SSSR count). The van der Waals surface area contributed by atoms with E-state index < -0.39 is 11.7 Å². The van der Waals surface area contributed by atoms with Crippen LogP contribution in [0.25, 0.3) is 0 Å². The van der Waals surface area contributed by atoms with E-state index >= 15 is 0 Å². The molecule has 1 aromatic rings. The molecule has 20 heavy (non-hydrogen) atoms. The van der Waals surface area contributed by atoms with E-state index in [0.29, 0.717) is 10.2 Å². The van der Waals surface area contributed by atoms with Gasteiger partial charge < -0.3 is 5.32 Å². The molecular formula is C15H19BrF3N. The van der Waals surface area contributed by atoms with Crippen molar-refractivity contribution in [2.45, 2.75) is 51.7 Å². The van der Waals surface area contributed by atoms with Crippen molar-refractivity contribution < 1.29 is 13.2 Å². The monoisotopic (exact) mass is 349 g/mol. The lowest BCUT2D eigenvalue weighted by Gasteiger charge is -2.36. The first-order valence-electron chi connectivity index (χ1n) is 6.80. The van der Waals surface area contributed by atoms with Crippen LogP contribution in [0.3, 0.4) is 0 Å². The Morgan fingerprint density at radius 2 is 1.95 bits per heavy atom. The normalized spacial score (nSPS) is 22.6. The first-order valence-corrected chi connectivity index (χ1v) is 7.59. The van der Waals surface area contributed by atoms with E-state index in [1.54, 1.807) is 6.07 Å².